The number of carbonyl (C=O) groups is 1. The van der Waals surface area contributed by atoms with Crippen LogP contribution in [-0.2, 0) is 18.5 Å². The van der Waals surface area contributed by atoms with Gasteiger partial charge in [-0.1, -0.05) is 0 Å². The van der Waals surface area contributed by atoms with Gasteiger partial charge in [0.15, 0.2) is 0 Å². The molecule has 1 unspecified atom stereocenters. The van der Waals surface area contributed by atoms with Crippen LogP contribution in [0, 0.1) is 0 Å². The number of rotatable bonds is 3. The lowest BCUT2D eigenvalue weighted by atomic mass is 11.7. The summed E-state index contributed by atoms with van der Waals surface area (Å²) in [5, 5.41) is 0. The van der Waals surface area contributed by atoms with Gasteiger partial charge in [0.1, 0.15) is 0 Å². The van der Waals surface area contributed by atoms with E-state index in [1.54, 1.807) is 0 Å². The number of nitrogens with two attached hydrogens (primary N) is 1. The van der Waals surface area contributed by atoms with E-state index in [0.29, 0.717) is 0 Å². The Morgan fingerprint density at radius 1 is 1.71 bits per heavy atom. The molecule has 5 nitrogen and oxygen atoms in total. The zero-order chi connectivity index (χ0) is 5.70. The molecular weight excluding hydrogens is 121 g/mol. The number of hydrogen-bond acceptors (Lipinski definition) is 5. The quantitative estimate of drug-likeness (QED) is 0.317. The smallest absolute Gasteiger partial charge is 0.250 e. The van der Waals surface area contributed by atoms with Crippen LogP contribution in [0.25, 0.3) is 0 Å². The maximum absolute atomic E-state index is 9.76. The lowest BCUT2D eigenvalue weighted by Crippen LogP contribution is -1.88. The monoisotopic (exact) mass is 124 g/mol. The third-order valence-electron chi connectivity index (χ3n) is 0.215. The van der Waals surface area contributed by atoms with Crippen molar-refractivity contribution in [1.29, 1.82) is 0 Å². The summed E-state index contributed by atoms with van der Waals surface area (Å²) >= 11 is 0. The van der Waals surface area contributed by atoms with E-state index in [2.05, 4.69) is 15.0 Å². The molecule has 0 bridgehead atoms. The van der Waals surface area contributed by atoms with Gasteiger partial charge in [0, 0.05) is 4.57 Å². The van der Waals surface area contributed by atoms with E-state index in [-0.39, 0.29) is 6.47 Å². The van der Waals surface area contributed by atoms with Crippen molar-refractivity contribution in [3.05, 3.63) is 0 Å². The van der Waals surface area contributed by atoms with Crippen LogP contribution in [0.5, 0.6) is 0 Å². The largest absolute Gasteiger partial charge is 0.771 e. The van der Waals surface area contributed by atoms with Crippen LogP contribution in [0.2, 0.25) is 0 Å². The average Bonchev–Trinajstić information content (AvgIpc) is 1.68. The Hall–Kier alpha value is -0.510. The molecule has 0 aliphatic rings. The minimum atomic E-state index is -2.42. The van der Waals surface area contributed by atoms with Crippen LogP contribution in [0.3, 0.4) is 0 Å². The standard InChI is InChI=1S/CH3NO4P/c2-6-7(4)5-1-3/h1H,2H2/q+1. The molecule has 40 valence electrons. The molecular formula is CH3NO4P+. The Balaban J connectivity index is 3.17. The van der Waals surface area contributed by atoms with Gasteiger partial charge in [0.2, 0.25) is 0 Å². The van der Waals surface area contributed by atoms with E-state index in [1.807, 2.05) is 0 Å². The summed E-state index contributed by atoms with van der Waals surface area (Å²) in [6, 6.07) is 0. The fourth-order valence-corrected chi connectivity index (χ4v) is 0.180. The predicted octanol–water partition coefficient (Wildman–Crippen LogP) is -0.293. The third kappa shape index (κ3) is 3.32. The molecule has 7 heavy (non-hydrogen) atoms. The molecule has 0 aromatic heterocycles. The molecule has 0 radical (unpaired) electrons. The molecule has 0 heterocycles. The first-order chi connectivity index (χ1) is 3.31. The van der Waals surface area contributed by atoms with E-state index in [4.69, 9.17) is 0 Å². The Morgan fingerprint density at radius 2 is 2.29 bits per heavy atom. The summed E-state index contributed by atoms with van der Waals surface area (Å²) in [4.78, 5) is 9.23. The maximum Gasteiger partial charge on any atom is 0.771 e. The normalized spacial score (nSPS) is 10.1. The highest BCUT2D eigenvalue weighted by molar-refractivity contribution is 7.33. The van der Waals surface area contributed by atoms with Crippen molar-refractivity contribution in [2.75, 3.05) is 0 Å². The first-order valence-corrected chi connectivity index (χ1v) is 2.35. The molecule has 0 rings (SSSR count). The van der Waals surface area contributed by atoms with Crippen molar-refractivity contribution in [3.63, 3.8) is 0 Å². The predicted molar refractivity (Wildman–Crippen MR) is 20.0 cm³/mol. The second-order valence-electron chi connectivity index (χ2n) is 0.531. The van der Waals surface area contributed by atoms with Gasteiger partial charge < -0.3 is 0 Å². The third-order valence-corrected chi connectivity index (χ3v) is 0.645. The highest BCUT2D eigenvalue weighted by Gasteiger charge is 2.16. The molecule has 1 atom stereocenters. The van der Waals surface area contributed by atoms with E-state index >= 15 is 0 Å². The van der Waals surface area contributed by atoms with Gasteiger partial charge in [-0.05, 0) is 4.62 Å². The molecule has 0 saturated heterocycles. The van der Waals surface area contributed by atoms with Crippen molar-refractivity contribution in [2.45, 2.75) is 0 Å². The van der Waals surface area contributed by atoms with Crippen LogP contribution >= 0.6 is 8.25 Å². The summed E-state index contributed by atoms with van der Waals surface area (Å²) in [5.41, 5.74) is 0. The number of carbonyl (C=O) groups excluding carboxylic acids is 1. The van der Waals surface area contributed by atoms with Crippen LogP contribution in [0.15, 0.2) is 0 Å². The molecule has 0 aliphatic carbocycles. The van der Waals surface area contributed by atoms with Gasteiger partial charge in [-0.2, -0.15) is 10.4 Å². The topological polar surface area (TPSA) is 78.6 Å². The Labute approximate surface area is 40.3 Å². The second kappa shape index (κ2) is 3.67. The van der Waals surface area contributed by atoms with E-state index in [1.165, 1.54) is 0 Å². The minimum absolute atomic E-state index is 0.00837. The second-order valence-corrected chi connectivity index (χ2v) is 1.40. The minimum Gasteiger partial charge on any atom is -0.250 e. The lowest BCUT2D eigenvalue weighted by Gasteiger charge is -1.67. The molecule has 0 aliphatic heterocycles. The van der Waals surface area contributed by atoms with Crippen molar-refractivity contribution in [3.8, 4) is 0 Å². The molecule has 0 saturated carbocycles. The van der Waals surface area contributed by atoms with Crippen LogP contribution in [0.1, 0.15) is 0 Å². The lowest BCUT2D eigenvalue weighted by molar-refractivity contribution is -0.120. The summed E-state index contributed by atoms with van der Waals surface area (Å²) in [5.74, 6) is 4.29. The van der Waals surface area contributed by atoms with Crippen molar-refractivity contribution in [1.82, 2.24) is 0 Å². The van der Waals surface area contributed by atoms with Gasteiger partial charge >= 0.3 is 14.7 Å². The van der Waals surface area contributed by atoms with Crippen molar-refractivity contribution < 1.29 is 18.5 Å². The molecule has 0 aromatic rings. The van der Waals surface area contributed by atoms with Crippen molar-refractivity contribution in [2.24, 2.45) is 5.90 Å². The van der Waals surface area contributed by atoms with Crippen LogP contribution < -0.4 is 5.90 Å². The van der Waals surface area contributed by atoms with E-state index in [9.17, 15) is 9.36 Å². The molecule has 0 spiro atoms. The first-order valence-electron chi connectivity index (χ1n) is 1.25. The first kappa shape index (κ1) is 6.49. The molecule has 0 fully saturated rings. The van der Waals surface area contributed by atoms with E-state index < -0.39 is 8.25 Å². The van der Waals surface area contributed by atoms with Crippen LogP contribution in [-0.4, -0.2) is 6.47 Å². The van der Waals surface area contributed by atoms with Gasteiger partial charge in [0.25, 0.3) is 0 Å². The van der Waals surface area contributed by atoms with Gasteiger partial charge in [-0.3, -0.25) is 4.79 Å². The Kier molecular flexibility index (Phi) is 3.40. The number of hydrogen-bond donors (Lipinski definition) is 1. The van der Waals surface area contributed by atoms with Crippen molar-refractivity contribution >= 4 is 14.7 Å². The average molecular weight is 124 g/mol. The van der Waals surface area contributed by atoms with E-state index in [0.717, 1.165) is 0 Å². The summed E-state index contributed by atoms with van der Waals surface area (Å²) in [6.45, 7) is -0.00837. The molecule has 6 heteroatoms. The Bertz CT molecular complexity index is 81.8. The molecule has 0 amide bonds. The fraction of sp³-hybridized carbons (Fsp3) is 0. The maximum atomic E-state index is 9.76. The highest BCUT2D eigenvalue weighted by Crippen LogP contribution is 2.16. The van der Waals surface area contributed by atoms with Gasteiger partial charge in [-0.15, -0.1) is 0 Å². The Morgan fingerprint density at radius 3 is 2.43 bits per heavy atom. The molecule has 2 N–H and O–H groups in total. The van der Waals surface area contributed by atoms with Gasteiger partial charge in [0.05, 0.1) is 0 Å². The zero-order valence-corrected chi connectivity index (χ0v) is 4.13. The summed E-state index contributed by atoms with van der Waals surface area (Å²) in [6.07, 6.45) is 0. The SMILES string of the molecule is NO[P+](=O)OC=O. The van der Waals surface area contributed by atoms with Gasteiger partial charge in [-0.25, -0.2) is 0 Å². The fourth-order valence-electron chi connectivity index (χ4n) is 0.0600. The summed E-state index contributed by atoms with van der Waals surface area (Å²) in [7, 11) is -2.42. The van der Waals surface area contributed by atoms with Crippen LogP contribution in [0.4, 0.5) is 0 Å². The summed E-state index contributed by atoms with van der Waals surface area (Å²) < 4.78 is 17.0. The molecule has 0 aromatic carbocycles. The zero-order valence-electron chi connectivity index (χ0n) is 3.23. The highest BCUT2D eigenvalue weighted by atomic mass is 31.1.